The summed E-state index contributed by atoms with van der Waals surface area (Å²) in [6, 6.07) is 0. The van der Waals surface area contributed by atoms with E-state index in [4.69, 9.17) is 0 Å². The lowest BCUT2D eigenvalue weighted by molar-refractivity contribution is 0.596. The van der Waals surface area contributed by atoms with Gasteiger partial charge in [0.15, 0.2) is 17.1 Å². The highest BCUT2D eigenvalue weighted by Gasteiger charge is 2.10. The fourth-order valence-corrected chi connectivity index (χ4v) is 1.93. The highest BCUT2D eigenvalue weighted by Crippen LogP contribution is 2.14. The maximum Gasteiger partial charge on any atom is 0.187 e. The normalized spacial score (nSPS) is 10.6. The van der Waals surface area contributed by atoms with Crippen molar-refractivity contribution in [3.05, 3.63) is 51.1 Å². The molecule has 106 valence electrons. The minimum Gasteiger partial charge on any atom is -0.363 e. The highest BCUT2D eigenvalue weighted by atomic mass is 19.1. The summed E-state index contributed by atoms with van der Waals surface area (Å²) in [6.45, 7) is 5.63. The Hall–Kier alpha value is -2.24. The van der Waals surface area contributed by atoms with Crippen molar-refractivity contribution in [2.75, 3.05) is 5.32 Å². The number of aromatic amines is 1. The van der Waals surface area contributed by atoms with Crippen LogP contribution in [0.5, 0.6) is 0 Å². The maximum absolute atomic E-state index is 14.0. The van der Waals surface area contributed by atoms with Crippen molar-refractivity contribution < 1.29 is 4.39 Å². The largest absolute Gasteiger partial charge is 0.363 e. The predicted molar refractivity (Wildman–Crippen MR) is 75.2 cm³/mol. The van der Waals surface area contributed by atoms with Crippen LogP contribution >= 0.6 is 0 Å². The number of pyridine rings is 1. The Morgan fingerprint density at radius 3 is 2.80 bits per heavy atom. The van der Waals surface area contributed by atoms with Gasteiger partial charge in [-0.15, -0.1) is 0 Å². The minimum absolute atomic E-state index is 0.00189. The molecule has 0 saturated carbocycles. The zero-order chi connectivity index (χ0) is 14.7. The first-order valence-electron chi connectivity index (χ1n) is 6.45. The molecule has 0 saturated heterocycles. The van der Waals surface area contributed by atoms with E-state index in [9.17, 15) is 9.18 Å². The molecule has 0 aliphatic heterocycles. The summed E-state index contributed by atoms with van der Waals surface area (Å²) in [5.74, 6) is -0.292. The van der Waals surface area contributed by atoms with Crippen LogP contribution < -0.4 is 10.7 Å². The van der Waals surface area contributed by atoms with E-state index in [0.29, 0.717) is 29.8 Å². The number of hydrogen-bond donors (Lipinski definition) is 2. The second kappa shape index (κ2) is 5.81. The Kier molecular flexibility index (Phi) is 4.12. The van der Waals surface area contributed by atoms with Crippen LogP contribution in [-0.2, 0) is 13.0 Å². The highest BCUT2D eigenvalue weighted by molar-refractivity contribution is 5.38. The maximum atomic E-state index is 14.0. The molecule has 0 bridgehead atoms. The second-order valence-electron chi connectivity index (χ2n) is 4.59. The fraction of sp³-hybridized carbons (Fsp3) is 0.357. The van der Waals surface area contributed by atoms with Crippen LogP contribution in [0.2, 0.25) is 0 Å². The molecule has 0 amide bonds. The average molecular weight is 276 g/mol. The third-order valence-electron chi connectivity index (χ3n) is 3.24. The van der Waals surface area contributed by atoms with E-state index >= 15 is 0 Å². The number of aromatic nitrogens is 3. The van der Waals surface area contributed by atoms with Crippen LogP contribution in [0.15, 0.2) is 17.3 Å². The van der Waals surface area contributed by atoms with Crippen molar-refractivity contribution in [3.63, 3.8) is 0 Å². The fourth-order valence-electron chi connectivity index (χ4n) is 1.93. The van der Waals surface area contributed by atoms with Crippen molar-refractivity contribution in [1.29, 1.82) is 0 Å². The summed E-state index contributed by atoms with van der Waals surface area (Å²) < 4.78 is 14.0. The molecule has 2 aromatic rings. The number of nitrogens with one attached hydrogen (secondary N) is 2. The number of hydrogen-bond acceptors (Lipinski definition) is 4. The molecule has 0 atom stereocenters. The Labute approximate surface area is 116 Å². The summed E-state index contributed by atoms with van der Waals surface area (Å²) in [7, 11) is 0. The van der Waals surface area contributed by atoms with Gasteiger partial charge in [-0.25, -0.2) is 14.4 Å². The van der Waals surface area contributed by atoms with Gasteiger partial charge >= 0.3 is 0 Å². The molecule has 0 fully saturated rings. The molecular formula is C14H17FN4O. The molecular weight excluding hydrogens is 259 g/mol. The summed E-state index contributed by atoms with van der Waals surface area (Å²) in [5, 5.41) is 2.90. The van der Waals surface area contributed by atoms with Gasteiger partial charge in [-0.1, -0.05) is 6.92 Å². The molecule has 2 N–H and O–H groups in total. The molecule has 0 radical (unpaired) electrons. The van der Waals surface area contributed by atoms with Crippen molar-refractivity contribution >= 4 is 5.82 Å². The molecule has 0 aromatic carbocycles. The SMILES string of the molecule is CCc1ncnc(NCc2[nH]cc(C)c(=O)c2C)c1F. The van der Waals surface area contributed by atoms with Crippen molar-refractivity contribution in [2.45, 2.75) is 33.7 Å². The number of rotatable bonds is 4. The van der Waals surface area contributed by atoms with Gasteiger partial charge in [0.25, 0.3) is 0 Å². The van der Waals surface area contributed by atoms with Gasteiger partial charge in [-0.3, -0.25) is 4.79 Å². The number of aryl methyl sites for hydroxylation is 2. The molecule has 0 aliphatic carbocycles. The molecule has 0 unspecified atom stereocenters. The Balaban J connectivity index is 2.22. The van der Waals surface area contributed by atoms with Gasteiger partial charge in [0, 0.05) is 23.0 Å². The number of anilines is 1. The molecule has 0 aliphatic rings. The van der Waals surface area contributed by atoms with Crippen molar-refractivity contribution in [1.82, 2.24) is 15.0 Å². The molecule has 2 rings (SSSR count). The van der Waals surface area contributed by atoms with Gasteiger partial charge in [-0.2, -0.15) is 0 Å². The minimum atomic E-state index is -0.442. The number of nitrogens with zero attached hydrogens (tertiary/aromatic N) is 2. The van der Waals surface area contributed by atoms with E-state index in [1.54, 1.807) is 20.0 Å². The van der Waals surface area contributed by atoms with Crippen LogP contribution in [0.1, 0.15) is 29.4 Å². The average Bonchev–Trinajstić information content (AvgIpc) is 2.45. The zero-order valence-electron chi connectivity index (χ0n) is 11.7. The molecule has 2 aromatic heterocycles. The van der Waals surface area contributed by atoms with E-state index in [1.165, 1.54) is 6.33 Å². The third-order valence-corrected chi connectivity index (χ3v) is 3.24. The van der Waals surface area contributed by atoms with Gasteiger partial charge in [0.2, 0.25) is 0 Å². The predicted octanol–water partition coefficient (Wildman–Crippen LogP) is 2.10. The molecule has 5 nitrogen and oxygen atoms in total. The Morgan fingerprint density at radius 1 is 1.35 bits per heavy atom. The van der Waals surface area contributed by atoms with Crippen molar-refractivity contribution in [2.24, 2.45) is 0 Å². The molecule has 20 heavy (non-hydrogen) atoms. The van der Waals surface area contributed by atoms with E-state index in [-0.39, 0.29) is 11.2 Å². The molecule has 2 heterocycles. The van der Waals surface area contributed by atoms with Gasteiger partial charge in [0.05, 0.1) is 12.2 Å². The molecule has 6 heteroatoms. The van der Waals surface area contributed by atoms with Gasteiger partial charge in [-0.05, 0) is 20.3 Å². The Bertz CT molecular complexity index is 681. The lowest BCUT2D eigenvalue weighted by Gasteiger charge is -2.10. The first-order chi connectivity index (χ1) is 9.54. The van der Waals surface area contributed by atoms with E-state index in [1.807, 2.05) is 6.92 Å². The van der Waals surface area contributed by atoms with E-state index in [0.717, 1.165) is 5.69 Å². The summed E-state index contributed by atoms with van der Waals surface area (Å²) in [6.07, 6.45) is 3.48. The lowest BCUT2D eigenvalue weighted by Crippen LogP contribution is -2.16. The zero-order valence-corrected chi connectivity index (χ0v) is 11.7. The first kappa shape index (κ1) is 14.2. The van der Waals surface area contributed by atoms with Gasteiger partial charge in [0.1, 0.15) is 6.33 Å². The summed E-state index contributed by atoms with van der Waals surface area (Å²) in [5.41, 5.74) is 2.38. The number of H-pyrrole nitrogens is 1. The summed E-state index contributed by atoms with van der Waals surface area (Å²) >= 11 is 0. The lowest BCUT2D eigenvalue weighted by atomic mass is 10.1. The topological polar surface area (TPSA) is 70.7 Å². The first-order valence-corrected chi connectivity index (χ1v) is 6.45. The standard InChI is InChI=1S/C14H17FN4O/c1-4-10-12(15)14(19-7-18-10)17-6-11-9(3)13(20)8(2)5-16-11/h5,7H,4,6H2,1-3H3,(H,16,20)(H,17,18,19). The van der Waals surface area contributed by atoms with Crippen LogP contribution in [0, 0.1) is 19.7 Å². The van der Waals surface area contributed by atoms with E-state index < -0.39 is 5.82 Å². The smallest absolute Gasteiger partial charge is 0.187 e. The van der Waals surface area contributed by atoms with Crippen LogP contribution in [-0.4, -0.2) is 15.0 Å². The number of halogens is 1. The molecule has 0 spiro atoms. The summed E-state index contributed by atoms with van der Waals surface area (Å²) in [4.78, 5) is 22.6. The van der Waals surface area contributed by atoms with E-state index in [2.05, 4.69) is 20.3 Å². The van der Waals surface area contributed by atoms with Crippen LogP contribution in [0.3, 0.4) is 0 Å². The monoisotopic (exact) mass is 276 g/mol. The third kappa shape index (κ3) is 2.68. The van der Waals surface area contributed by atoms with Crippen LogP contribution in [0.25, 0.3) is 0 Å². The Morgan fingerprint density at radius 2 is 2.10 bits per heavy atom. The van der Waals surface area contributed by atoms with Crippen LogP contribution in [0.4, 0.5) is 10.2 Å². The quantitative estimate of drug-likeness (QED) is 0.897. The van der Waals surface area contributed by atoms with Crippen molar-refractivity contribution in [3.8, 4) is 0 Å². The second-order valence-corrected chi connectivity index (χ2v) is 4.59. The van der Waals surface area contributed by atoms with Gasteiger partial charge < -0.3 is 10.3 Å².